The van der Waals surface area contributed by atoms with Gasteiger partial charge in [-0.1, -0.05) is 18.2 Å². The molecule has 1 amide bonds. The molecule has 0 saturated carbocycles. The van der Waals surface area contributed by atoms with Crippen molar-refractivity contribution in [3.63, 3.8) is 0 Å². The molecule has 0 bridgehead atoms. The number of rotatable bonds is 7. The molecular formula is C23H23NO5S2. The number of carbonyl (C=O) groups is 1. The van der Waals surface area contributed by atoms with Gasteiger partial charge in [0.1, 0.15) is 21.4 Å². The summed E-state index contributed by atoms with van der Waals surface area (Å²) in [6.07, 6.45) is 3.49. The van der Waals surface area contributed by atoms with E-state index in [1.807, 2.05) is 0 Å². The van der Waals surface area contributed by atoms with E-state index in [0.717, 1.165) is 29.7 Å². The number of anilines is 1. The zero-order valence-corrected chi connectivity index (χ0v) is 18.7. The molecule has 0 atom stereocenters. The predicted molar refractivity (Wildman–Crippen MR) is 120 cm³/mol. The molecule has 2 aromatic carbocycles. The first-order valence-electron chi connectivity index (χ1n) is 10.0. The Labute approximate surface area is 185 Å². The molecule has 31 heavy (non-hydrogen) atoms. The number of nitrogens with one attached hydrogen (secondary N) is 1. The van der Waals surface area contributed by atoms with Crippen molar-refractivity contribution in [1.29, 1.82) is 0 Å². The van der Waals surface area contributed by atoms with Crippen LogP contribution in [-0.2, 0) is 27.5 Å². The highest BCUT2D eigenvalue weighted by Crippen LogP contribution is 2.43. The summed E-state index contributed by atoms with van der Waals surface area (Å²) >= 11 is 1.36. The van der Waals surface area contributed by atoms with Crippen LogP contribution in [0.15, 0.2) is 64.4 Å². The van der Waals surface area contributed by atoms with Gasteiger partial charge in [-0.2, -0.15) is 0 Å². The van der Waals surface area contributed by atoms with Crippen LogP contribution in [0.2, 0.25) is 0 Å². The van der Waals surface area contributed by atoms with Crippen molar-refractivity contribution in [2.45, 2.75) is 35.5 Å². The second kappa shape index (κ2) is 9.11. The van der Waals surface area contributed by atoms with Gasteiger partial charge in [0.2, 0.25) is 9.84 Å². The third kappa shape index (κ3) is 4.60. The summed E-state index contributed by atoms with van der Waals surface area (Å²) in [7, 11) is -2.17. The molecule has 0 fully saturated rings. The second-order valence-corrected chi connectivity index (χ2v) is 10.2. The predicted octanol–water partition coefficient (Wildman–Crippen LogP) is 4.49. The van der Waals surface area contributed by atoms with Crippen LogP contribution in [0.5, 0.6) is 11.5 Å². The summed E-state index contributed by atoms with van der Waals surface area (Å²) in [6, 6.07) is 15.3. The lowest BCUT2D eigenvalue weighted by Crippen LogP contribution is -2.21. The highest BCUT2D eigenvalue weighted by atomic mass is 32.2. The smallest absolute Gasteiger partial charge is 0.262 e. The van der Waals surface area contributed by atoms with Crippen LogP contribution in [0.25, 0.3) is 0 Å². The SMILES string of the molecule is COc1ccc(OCC(=O)Nc2sc3c(c2S(=O)(=O)c2ccccc2)CCCC3)cc1. The van der Waals surface area contributed by atoms with Crippen LogP contribution in [0, 0.1) is 0 Å². The van der Waals surface area contributed by atoms with E-state index in [1.165, 1.54) is 11.3 Å². The minimum absolute atomic E-state index is 0.222. The third-order valence-electron chi connectivity index (χ3n) is 5.13. The number of carbonyl (C=O) groups excluding carboxylic acids is 1. The van der Waals surface area contributed by atoms with E-state index in [2.05, 4.69) is 5.32 Å². The standard InChI is InChI=1S/C23H23NO5S2/c1-28-16-11-13-17(14-12-16)29-15-21(25)24-23-22(19-9-5-6-10-20(19)30-23)31(26,27)18-7-3-2-4-8-18/h2-4,7-8,11-14H,5-6,9-10,15H2,1H3,(H,24,25). The van der Waals surface area contributed by atoms with Crippen LogP contribution < -0.4 is 14.8 Å². The van der Waals surface area contributed by atoms with Gasteiger partial charge in [0, 0.05) is 4.88 Å². The van der Waals surface area contributed by atoms with Crippen LogP contribution in [0.3, 0.4) is 0 Å². The summed E-state index contributed by atoms with van der Waals surface area (Å²) in [5.41, 5.74) is 0.839. The number of aryl methyl sites for hydroxylation is 1. The number of hydrogen-bond acceptors (Lipinski definition) is 6. The van der Waals surface area contributed by atoms with Crippen molar-refractivity contribution < 1.29 is 22.7 Å². The highest BCUT2D eigenvalue weighted by molar-refractivity contribution is 7.92. The first-order valence-corrected chi connectivity index (χ1v) is 12.3. The van der Waals surface area contributed by atoms with Gasteiger partial charge >= 0.3 is 0 Å². The van der Waals surface area contributed by atoms with Gasteiger partial charge in [-0.3, -0.25) is 4.79 Å². The summed E-state index contributed by atoms with van der Waals surface area (Å²) in [4.78, 5) is 14.1. The van der Waals surface area contributed by atoms with Crippen molar-refractivity contribution in [3.8, 4) is 11.5 Å². The number of thiophene rings is 1. The van der Waals surface area contributed by atoms with E-state index < -0.39 is 15.7 Å². The maximum absolute atomic E-state index is 13.4. The van der Waals surface area contributed by atoms with Gasteiger partial charge in [0.15, 0.2) is 6.61 Å². The lowest BCUT2D eigenvalue weighted by molar-refractivity contribution is -0.118. The molecule has 162 valence electrons. The van der Waals surface area contributed by atoms with Crippen molar-refractivity contribution in [2.24, 2.45) is 0 Å². The Morgan fingerprint density at radius 1 is 1.00 bits per heavy atom. The monoisotopic (exact) mass is 457 g/mol. The number of amides is 1. The maximum Gasteiger partial charge on any atom is 0.262 e. The molecular weight excluding hydrogens is 434 g/mol. The number of fused-ring (bicyclic) bond motifs is 1. The first-order chi connectivity index (χ1) is 15.0. The van der Waals surface area contributed by atoms with Gasteiger partial charge in [-0.25, -0.2) is 8.42 Å². The summed E-state index contributed by atoms with van der Waals surface area (Å²) in [6.45, 7) is -0.222. The van der Waals surface area contributed by atoms with E-state index in [0.29, 0.717) is 22.9 Å². The quantitative estimate of drug-likeness (QED) is 0.566. The normalized spacial score (nSPS) is 13.3. The number of methoxy groups -OCH3 is 1. The molecule has 8 heteroatoms. The summed E-state index contributed by atoms with van der Waals surface area (Å²) < 4.78 is 37.5. The Hall–Kier alpha value is -2.84. The zero-order chi connectivity index (χ0) is 21.8. The van der Waals surface area contributed by atoms with E-state index in [9.17, 15) is 13.2 Å². The van der Waals surface area contributed by atoms with Crippen molar-refractivity contribution in [1.82, 2.24) is 0 Å². The molecule has 4 rings (SSSR count). The highest BCUT2D eigenvalue weighted by Gasteiger charge is 2.31. The minimum Gasteiger partial charge on any atom is -0.497 e. The van der Waals surface area contributed by atoms with E-state index >= 15 is 0 Å². The Bertz CT molecular complexity index is 1170. The Morgan fingerprint density at radius 3 is 2.39 bits per heavy atom. The van der Waals surface area contributed by atoms with Gasteiger partial charge in [-0.05, 0) is 67.6 Å². The van der Waals surface area contributed by atoms with Crippen LogP contribution in [-0.4, -0.2) is 28.0 Å². The average molecular weight is 458 g/mol. The maximum atomic E-state index is 13.4. The van der Waals surface area contributed by atoms with Crippen molar-refractivity contribution >= 4 is 32.1 Å². The molecule has 0 spiro atoms. The summed E-state index contributed by atoms with van der Waals surface area (Å²) in [5, 5.41) is 3.16. The average Bonchev–Trinajstić information content (AvgIpc) is 3.17. The molecule has 3 aromatic rings. The topological polar surface area (TPSA) is 81.7 Å². The molecule has 1 aromatic heterocycles. The molecule has 0 unspecified atom stereocenters. The first kappa shape index (κ1) is 21.4. The largest absolute Gasteiger partial charge is 0.497 e. The fraction of sp³-hybridized carbons (Fsp3) is 0.261. The van der Waals surface area contributed by atoms with Crippen molar-refractivity contribution in [3.05, 3.63) is 65.0 Å². The Balaban J connectivity index is 1.58. The number of ether oxygens (including phenoxy) is 2. The molecule has 6 nitrogen and oxygen atoms in total. The molecule has 1 heterocycles. The molecule has 1 aliphatic rings. The van der Waals surface area contributed by atoms with E-state index in [-0.39, 0.29) is 16.4 Å². The molecule has 0 saturated heterocycles. The molecule has 1 aliphatic carbocycles. The molecule has 0 radical (unpaired) electrons. The third-order valence-corrected chi connectivity index (χ3v) is 8.34. The lowest BCUT2D eigenvalue weighted by Gasteiger charge is -2.14. The number of benzene rings is 2. The fourth-order valence-electron chi connectivity index (χ4n) is 3.60. The summed E-state index contributed by atoms with van der Waals surface area (Å²) in [5.74, 6) is 0.814. The Kier molecular flexibility index (Phi) is 6.29. The van der Waals surface area contributed by atoms with Crippen LogP contribution >= 0.6 is 11.3 Å². The second-order valence-electron chi connectivity index (χ2n) is 7.20. The van der Waals surface area contributed by atoms with Gasteiger partial charge in [0.05, 0.1) is 12.0 Å². The minimum atomic E-state index is -3.75. The van der Waals surface area contributed by atoms with E-state index in [4.69, 9.17) is 9.47 Å². The van der Waals surface area contributed by atoms with E-state index in [1.54, 1.807) is 61.7 Å². The van der Waals surface area contributed by atoms with Gasteiger partial charge in [-0.15, -0.1) is 11.3 Å². The fourth-order valence-corrected chi connectivity index (χ4v) is 6.92. The Morgan fingerprint density at radius 2 is 1.68 bits per heavy atom. The van der Waals surface area contributed by atoms with Gasteiger partial charge < -0.3 is 14.8 Å². The molecule has 1 N–H and O–H groups in total. The number of hydrogen-bond donors (Lipinski definition) is 1. The van der Waals surface area contributed by atoms with Crippen LogP contribution in [0.4, 0.5) is 5.00 Å². The lowest BCUT2D eigenvalue weighted by atomic mass is 9.99. The van der Waals surface area contributed by atoms with Gasteiger partial charge in [0.25, 0.3) is 5.91 Å². The van der Waals surface area contributed by atoms with Crippen molar-refractivity contribution in [2.75, 3.05) is 19.0 Å². The van der Waals surface area contributed by atoms with Crippen LogP contribution in [0.1, 0.15) is 23.3 Å². The zero-order valence-electron chi connectivity index (χ0n) is 17.1. The molecule has 0 aliphatic heterocycles. The number of sulfone groups is 1.